The first-order chi connectivity index (χ1) is 7.54. The van der Waals surface area contributed by atoms with E-state index >= 15 is 0 Å². The molecule has 3 fully saturated rings. The topological polar surface area (TPSA) is 49.7 Å². The molecule has 3 rings (SSSR count). The van der Waals surface area contributed by atoms with E-state index in [2.05, 4.69) is 6.92 Å². The Morgan fingerprint density at radius 3 is 2.75 bits per heavy atom. The number of fused-ring (bicyclic) bond motifs is 1. The maximum Gasteiger partial charge on any atom is 0.117 e. The summed E-state index contributed by atoms with van der Waals surface area (Å²) in [6, 6.07) is 0. The standard InChI is InChI=1S/C13H22O3/c1-7-3-4-8-6-16-13(2)10(14)5-9(7)11(8)12(13)15/h7-12,14-15H,3-6H2,1-2H3/t7-,8+,9+,10-,11+,12-,13-/m1/s1. The van der Waals surface area contributed by atoms with Crippen LogP contribution in [-0.2, 0) is 4.74 Å². The van der Waals surface area contributed by atoms with Crippen molar-refractivity contribution in [3.63, 3.8) is 0 Å². The maximum absolute atomic E-state index is 10.5. The van der Waals surface area contributed by atoms with Gasteiger partial charge in [0.15, 0.2) is 0 Å². The molecule has 2 aliphatic carbocycles. The average Bonchev–Trinajstić information content (AvgIpc) is 2.25. The third-order valence-electron chi connectivity index (χ3n) is 5.48. The minimum atomic E-state index is -0.714. The molecule has 3 heteroatoms. The zero-order chi connectivity index (χ0) is 11.5. The van der Waals surface area contributed by atoms with Crippen LogP contribution in [0.25, 0.3) is 0 Å². The third-order valence-corrected chi connectivity index (χ3v) is 5.48. The first-order valence-corrected chi connectivity index (χ1v) is 6.54. The molecule has 16 heavy (non-hydrogen) atoms. The molecule has 0 radical (unpaired) electrons. The molecule has 0 amide bonds. The zero-order valence-electron chi connectivity index (χ0n) is 10.1. The normalized spacial score (nSPS) is 60.8. The third kappa shape index (κ3) is 1.25. The van der Waals surface area contributed by atoms with Crippen LogP contribution in [0.4, 0.5) is 0 Å². The smallest absolute Gasteiger partial charge is 0.117 e. The van der Waals surface area contributed by atoms with Crippen molar-refractivity contribution in [2.45, 2.75) is 50.9 Å². The van der Waals surface area contributed by atoms with Crippen LogP contribution < -0.4 is 0 Å². The van der Waals surface area contributed by atoms with Crippen LogP contribution in [0.2, 0.25) is 0 Å². The molecule has 7 atom stereocenters. The molecule has 3 aliphatic rings. The maximum atomic E-state index is 10.5. The molecule has 1 heterocycles. The van der Waals surface area contributed by atoms with Crippen LogP contribution in [-0.4, -0.2) is 34.6 Å². The monoisotopic (exact) mass is 226 g/mol. The van der Waals surface area contributed by atoms with Gasteiger partial charge in [-0.15, -0.1) is 0 Å². The molecular weight excluding hydrogens is 204 g/mol. The van der Waals surface area contributed by atoms with Crippen molar-refractivity contribution in [1.82, 2.24) is 0 Å². The summed E-state index contributed by atoms with van der Waals surface area (Å²) in [4.78, 5) is 0. The number of hydrogen-bond donors (Lipinski definition) is 2. The van der Waals surface area contributed by atoms with E-state index in [9.17, 15) is 10.2 Å². The number of rotatable bonds is 0. The Hall–Kier alpha value is -0.120. The quantitative estimate of drug-likeness (QED) is 0.652. The Bertz CT molecular complexity index is 291. The summed E-state index contributed by atoms with van der Waals surface area (Å²) in [5.74, 6) is 1.98. The van der Waals surface area contributed by atoms with Gasteiger partial charge >= 0.3 is 0 Å². The summed E-state index contributed by atoms with van der Waals surface area (Å²) in [6.07, 6.45) is 2.19. The lowest BCUT2D eigenvalue weighted by Crippen LogP contribution is -2.67. The molecule has 0 aromatic heterocycles. The summed E-state index contributed by atoms with van der Waals surface area (Å²) in [6.45, 7) is 4.85. The molecule has 1 saturated heterocycles. The van der Waals surface area contributed by atoms with Gasteiger partial charge in [-0.05, 0) is 43.4 Å². The zero-order valence-corrected chi connectivity index (χ0v) is 10.1. The highest BCUT2D eigenvalue weighted by Gasteiger charge is 2.59. The average molecular weight is 226 g/mol. The minimum Gasteiger partial charge on any atom is -0.390 e. The molecule has 92 valence electrons. The number of aliphatic hydroxyl groups excluding tert-OH is 2. The van der Waals surface area contributed by atoms with Gasteiger partial charge in [0.1, 0.15) is 5.60 Å². The van der Waals surface area contributed by atoms with Gasteiger partial charge < -0.3 is 14.9 Å². The fraction of sp³-hybridized carbons (Fsp3) is 1.00. The second kappa shape index (κ2) is 3.44. The SMILES string of the molecule is C[C@@H]1CC[C@H]2CO[C@]3(C)[C@H](O)C[C@@H]1[C@H]2[C@H]3O. The second-order valence-corrected chi connectivity index (χ2v) is 6.25. The van der Waals surface area contributed by atoms with E-state index in [0.717, 1.165) is 13.0 Å². The summed E-state index contributed by atoms with van der Waals surface area (Å²) in [5, 5.41) is 20.7. The number of aliphatic hydroxyl groups is 2. The number of ether oxygens (including phenoxy) is 1. The van der Waals surface area contributed by atoms with Gasteiger partial charge in [0.25, 0.3) is 0 Å². The fourth-order valence-electron chi connectivity index (χ4n) is 4.23. The molecule has 0 aromatic rings. The summed E-state index contributed by atoms with van der Waals surface area (Å²) in [5.41, 5.74) is -0.714. The lowest BCUT2D eigenvalue weighted by Gasteiger charge is -2.59. The van der Waals surface area contributed by atoms with E-state index in [1.165, 1.54) is 12.8 Å². The Kier molecular flexibility index (Phi) is 2.36. The highest BCUT2D eigenvalue weighted by molar-refractivity contribution is 5.08. The highest BCUT2D eigenvalue weighted by atomic mass is 16.5. The van der Waals surface area contributed by atoms with Gasteiger partial charge in [0, 0.05) is 0 Å². The second-order valence-electron chi connectivity index (χ2n) is 6.25. The fourth-order valence-corrected chi connectivity index (χ4v) is 4.23. The summed E-state index contributed by atoms with van der Waals surface area (Å²) in [7, 11) is 0. The van der Waals surface area contributed by atoms with E-state index in [4.69, 9.17) is 4.74 Å². The molecular formula is C13H22O3. The molecule has 2 N–H and O–H groups in total. The van der Waals surface area contributed by atoms with E-state index in [-0.39, 0.29) is 0 Å². The highest BCUT2D eigenvalue weighted by Crippen LogP contribution is 2.53. The van der Waals surface area contributed by atoms with Crippen LogP contribution in [0.3, 0.4) is 0 Å². The Balaban J connectivity index is 1.96. The lowest BCUT2D eigenvalue weighted by molar-refractivity contribution is -0.279. The predicted octanol–water partition coefficient (Wildman–Crippen LogP) is 1.18. The van der Waals surface area contributed by atoms with Crippen LogP contribution in [0, 0.1) is 23.7 Å². The summed E-state index contributed by atoms with van der Waals surface area (Å²) >= 11 is 0. The first kappa shape index (κ1) is 11.0. The van der Waals surface area contributed by atoms with Crippen molar-refractivity contribution < 1.29 is 14.9 Å². The predicted molar refractivity (Wildman–Crippen MR) is 59.9 cm³/mol. The molecule has 2 bridgehead atoms. The van der Waals surface area contributed by atoms with Gasteiger partial charge in [-0.25, -0.2) is 0 Å². The van der Waals surface area contributed by atoms with Crippen LogP contribution in [0.1, 0.15) is 33.1 Å². The first-order valence-electron chi connectivity index (χ1n) is 6.54. The molecule has 2 saturated carbocycles. The number of hydrogen-bond acceptors (Lipinski definition) is 3. The van der Waals surface area contributed by atoms with E-state index in [1.807, 2.05) is 6.92 Å². The van der Waals surface area contributed by atoms with Gasteiger partial charge in [-0.2, -0.15) is 0 Å². The van der Waals surface area contributed by atoms with E-state index < -0.39 is 17.8 Å². The molecule has 0 spiro atoms. The van der Waals surface area contributed by atoms with Crippen molar-refractivity contribution in [2.75, 3.05) is 6.61 Å². The van der Waals surface area contributed by atoms with Crippen molar-refractivity contribution in [3.8, 4) is 0 Å². The van der Waals surface area contributed by atoms with Crippen LogP contribution >= 0.6 is 0 Å². The Morgan fingerprint density at radius 2 is 2.00 bits per heavy atom. The molecule has 0 aromatic carbocycles. The van der Waals surface area contributed by atoms with Gasteiger partial charge in [-0.3, -0.25) is 0 Å². The molecule has 0 unspecified atom stereocenters. The van der Waals surface area contributed by atoms with Gasteiger partial charge in [0.2, 0.25) is 0 Å². The molecule has 3 nitrogen and oxygen atoms in total. The van der Waals surface area contributed by atoms with Crippen LogP contribution in [0.15, 0.2) is 0 Å². The van der Waals surface area contributed by atoms with Crippen molar-refractivity contribution in [1.29, 1.82) is 0 Å². The largest absolute Gasteiger partial charge is 0.390 e. The van der Waals surface area contributed by atoms with Gasteiger partial charge in [0.05, 0.1) is 18.8 Å². The summed E-state index contributed by atoms with van der Waals surface area (Å²) < 4.78 is 5.78. The van der Waals surface area contributed by atoms with E-state index in [1.54, 1.807) is 0 Å². The molecule has 1 aliphatic heterocycles. The van der Waals surface area contributed by atoms with Crippen molar-refractivity contribution >= 4 is 0 Å². The van der Waals surface area contributed by atoms with Crippen molar-refractivity contribution in [2.24, 2.45) is 23.7 Å². The van der Waals surface area contributed by atoms with Crippen molar-refractivity contribution in [3.05, 3.63) is 0 Å². The minimum absolute atomic E-state index is 0.353. The lowest BCUT2D eigenvalue weighted by atomic mass is 9.55. The van der Waals surface area contributed by atoms with E-state index in [0.29, 0.717) is 23.7 Å². The van der Waals surface area contributed by atoms with Crippen LogP contribution in [0.5, 0.6) is 0 Å². The Morgan fingerprint density at radius 1 is 1.25 bits per heavy atom. The Labute approximate surface area is 96.8 Å². The van der Waals surface area contributed by atoms with Gasteiger partial charge in [-0.1, -0.05) is 13.3 Å².